The van der Waals surface area contributed by atoms with E-state index in [1.54, 1.807) is 0 Å². The van der Waals surface area contributed by atoms with Gasteiger partial charge in [0.15, 0.2) is 0 Å². The summed E-state index contributed by atoms with van der Waals surface area (Å²) >= 11 is 0. The Labute approximate surface area is 68.3 Å². The van der Waals surface area contributed by atoms with Crippen LogP contribution in [0.5, 0.6) is 5.75 Å². The van der Waals surface area contributed by atoms with Crippen molar-refractivity contribution < 1.29 is 4.74 Å². The maximum Gasteiger partial charge on any atom is 0.292 e. The Morgan fingerprint density at radius 3 is 2.92 bits per heavy atom. The minimum atomic E-state index is 0.0720. The van der Waals surface area contributed by atoms with Crippen LogP contribution in [-0.4, -0.2) is 0 Å². The number of nitrogens with zero attached hydrogens (tertiary/aromatic N) is 2. The van der Waals surface area contributed by atoms with E-state index in [2.05, 4.69) is 9.91 Å². The van der Waals surface area contributed by atoms with Gasteiger partial charge >= 0.3 is 0 Å². The molecule has 1 rings (SSSR count). The summed E-state index contributed by atoms with van der Waals surface area (Å²) in [5.74, 6) is 0.251. The molecule has 0 radical (unpaired) electrons. The molecule has 0 amide bonds. The molecule has 0 atom stereocenters. The van der Waals surface area contributed by atoms with Gasteiger partial charge in [-0.25, -0.2) is 0 Å². The lowest BCUT2D eigenvalue weighted by molar-refractivity contribution is 0.507. The van der Waals surface area contributed by atoms with E-state index in [1.165, 1.54) is 24.5 Å². The van der Waals surface area contributed by atoms with Gasteiger partial charge in [0.05, 0.1) is 5.69 Å². The Kier molecular flexibility index (Phi) is 2.23. The molecule has 0 unspecified atom stereocenters. The number of nitriles is 1. The summed E-state index contributed by atoms with van der Waals surface area (Å²) < 4.78 is 4.45. The molecule has 0 saturated heterocycles. The molecular formula is C7H5N3O2. The Morgan fingerprint density at radius 1 is 1.58 bits per heavy atom. The fourth-order valence-corrected chi connectivity index (χ4v) is 0.719. The second-order valence-corrected chi connectivity index (χ2v) is 2.01. The number of nitrogens with two attached hydrogens (primary N) is 1. The first kappa shape index (κ1) is 8.01. The van der Waals surface area contributed by atoms with Crippen LogP contribution in [0.1, 0.15) is 0 Å². The Hall–Kier alpha value is -2.09. The molecule has 0 saturated carbocycles. The quantitative estimate of drug-likeness (QED) is 0.406. The van der Waals surface area contributed by atoms with E-state index < -0.39 is 0 Å². The SMILES string of the molecule is N#COc1ccc(N)c(N=O)c1. The highest BCUT2D eigenvalue weighted by atomic mass is 16.5. The van der Waals surface area contributed by atoms with E-state index in [-0.39, 0.29) is 17.1 Å². The van der Waals surface area contributed by atoms with Crippen LogP contribution in [0.2, 0.25) is 0 Å². The van der Waals surface area contributed by atoms with Gasteiger partial charge < -0.3 is 10.5 Å². The highest BCUT2D eigenvalue weighted by molar-refractivity contribution is 5.64. The topological polar surface area (TPSA) is 88.5 Å². The van der Waals surface area contributed by atoms with Crippen LogP contribution >= 0.6 is 0 Å². The van der Waals surface area contributed by atoms with Gasteiger partial charge in [-0.3, -0.25) is 0 Å². The summed E-state index contributed by atoms with van der Waals surface area (Å²) in [6, 6.07) is 4.22. The van der Waals surface area contributed by atoms with Gasteiger partial charge in [0.2, 0.25) is 0 Å². The summed E-state index contributed by atoms with van der Waals surface area (Å²) in [7, 11) is 0. The molecule has 5 heteroatoms. The molecule has 2 N–H and O–H groups in total. The molecule has 0 aliphatic rings. The molecule has 0 aliphatic heterocycles. The minimum Gasteiger partial charge on any atom is -0.397 e. The average Bonchev–Trinajstić information content (AvgIpc) is 2.09. The van der Waals surface area contributed by atoms with Crippen molar-refractivity contribution in [3.05, 3.63) is 23.1 Å². The number of nitrogen functional groups attached to an aromatic ring is 1. The Morgan fingerprint density at radius 2 is 2.33 bits per heavy atom. The molecule has 1 aromatic rings. The predicted octanol–water partition coefficient (Wildman–Crippen LogP) is 1.53. The van der Waals surface area contributed by atoms with Crippen LogP contribution in [0.3, 0.4) is 0 Å². The summed E-state index contributed by atoms with van der Waals surface area (Å²) in [5.41, 5.74) is 5.70. The molecule has 0 heterocycles. The van der Waals surface area contributed by atoms with E-state index in [0.29, 0.717) is 0 Å². The molecule has 12 heavy (non-hydrogen) atoms. The van der Waals surface area contributed by atoms with Crippen LogP contribution < -0.4 is 10.5 Å². The second-order valence-electron chi connectivity index (χ2n) is 2.01. The van der Waals surface area contributed by atoms with E-state index in [0.717, 1.165) is 0 Å². The largest absolute Gasteiger partial charge is 0.397 e. The summed E-state index contributed by atoms with van der Waals surface area (Å²) in [5, 5.41) is 10.8. The van der Waals surface area contributed by atoms with Crippen LogP contribution in [-0.2, 0) is 0 Å². The normalized spacial score (nSPS) is 8.58. The number of anilines is 1. The van der Waals surface area contributed by atoms with Crippen molar-refractivity contribution in [1.82, 2.24) is 0 Å². The lowest BCUT2D eigenvalue weighted by Gasteiger charge is -1.98. The molecule has 5 nitrogen and oxygen atoms in total. The smallest absolute Gasteiger partial charge is 0.292 e. The van der Waals surface area contributed by atoms with Crippen LogP contribution in [0, 0.1) is 16.4 Å². The minimum absolute atomic E-state index is 0.0720. The first-order chi connectivity index (χ1) is 5.77. The first-order valence-corrected chi connectivity index (χ1v) is 3.06. The molecule has 60 valence electrons. The molecular weight excluding hydrogens is 158 g/mol. The second kappa shape index (κ2) is 3.34. The van der Waals surface area contributed by atoms with E-state index in [1.807, 2.05) is 0 Å². The highest BCUT2D eigenvalue weighted by Crippen LogP contribution is 2.26. The maximum absolute atomic E-state index is 10.1. The molecule has 0 aromatic heterocycles. The summed E-state index contributed by atoms with van der Waals surface area (Å²) in [6.07, 6.45) is 1.47. The van der Waals surface area contributed by atoms with Crippen LogP contribution in [0.15, 0.2) is 23.4 Å². The average molecular weight is 163 g/mol. The van der Waals surface area contributed by atoms with E-state index in [4.69, 9.17) is 11.0 Å². The molecule has 1 aromatic carbocycles. The lowest BCUT2D eigenvalue weighted by Crippen LogP contribution is -1.86. The number of rotatable bonds is 2. The molecule has 0 fully saturated rings. The molecule has 0 spiro atoms. The van der Waals surface area contributed by atoms with Gasteiger partial charge in [-0.2, -0.15) is 0 Å². The van der Waals surface area contributed by atoms with Gasteiger partial charge in [-0.15, -0.1) is 10.2 Å². The van der Waals surface area contributed by atoms with Crippen molar-refractivity contribution in [2.75, 3.05) is 5.73 Å². The highest BCUT2D eigenvalue weighted by Gasteiger charge is 2.01. The van der Waals surface area contributed by atoms with Crippen molar-refractivity contribution in [3.63, 3.8) is 0 Å². The monoisotopic (exact) mass is 163 g/mol. The van der Waals surface area contributed by atoms with Crippen LogP contribution in [0.25, 0.3) is 0 Å². The Bertz CT molecular complexity index is 343. The number of hydrogen-bond donors (Lipinski definition) is 1. The van der Waals surface area contributed by atoms with Crippen molar-refractivity contribution >= 4 is 11.4 Å². The van der Waals surface area contributed by atoms with Crippen molar-refractivity contribution in [3.8, 4) is 12.0 Å². The molecule has 0 aliphatic carbocycles. The van der Waals surface area contributed by atoms with Gasteiger partial charge in [-0.1, -0.05) is 0 Å². The van der Waals surface area contributed by atoms with E-state index in [9.17, 15) is 4.91 Å². The first-order valence-electron chi connectivity index (χ1n) is 3.06. The number of benzene rings is 1. The molecule has 0 bridgehead atoms. The van der Waals surface area contributed by atoms with Crippen LogP contribution in [0.4, 0.5) is 11.4 Å². The third-order valence-corrected chi connectivity index (χ3v) is 1.26. The fraction of sp³-hybridized carbons (Fsp3) is 0. The fourth-order valence-electron chi connectivity index (χ4n) is 0.719. The predicted molar refractivity (Wildman–Crippen MR) is 42.6 cm³/mol. The third kappa shape index (κ3) is 1.49. The van der Waals surface area contributed by atoms with Gasteiger partial charge in [0, 0.05) is 6.07 Å². The number of nitroso groups, excluding NO2 is 1. The Balaban J connectivity index is 3.06. The standard InChI is InChI=1S/C7H5N3O2/c8-4-12-5-1-2-6(9)7(3-5)10-11/h1-3H,9H2. The van der Waals surface area contributed by atoms with Gasteiger partial charge in [0.25, 0.3) is 6.26 Å². The van der Waals surface area contributed by atoms with Gasteiger partial charge in [0.1, 0.15) is 11.4 Å². The summed E-state index contributed by atoms with van der Waals surface area (Å²) in [4.78, 5) is 10.1. The van der Waals surface area contributed by atoms with Crippen molar-refractivity contribution in [2.24, 2.45) is 5.18 Å². The zero-order chi connectivity index (χ0) is 8.97. The van der Waals surface area contributed by atoms with Gasteiger partial charge in [-0.05, 0) is 17.3 Å². The maximum atomic E-state index is 10.1. The van der Waals surface area contributed by atoms with E-state index >= 15 is 0 Å². The number of ether oxygens (including phenoxy) is 1. The zero-order valence-electron chi connectivity index (χ0n) is 6.02. The zero-order valence-corrected chi connectivity index (χ0v) is 6.02. The van der Waals surface area contributed by atoms with Crippen molar-refractivity contribution in [1.29, 1.82) is 5.26 Å². The lowest BCUT2D eigenvalue weighted by atomic mass is 10.2. The third-order valence-electron chi connectivity index (χ3n) is 1.26. The van der Waals surface area contributed by atoms with Crippen molar-refractivity contribution in [2.45, 2.75) is 0 Å². The summed E-state index contributed by atoms with van der Waals surface area (Å²) in [6.45, 7) is 0. The number of hydrogen-bond acceptors (Lipinski definition) is 5.